The Morgan fingerprint density at radius 3 is 3.11 bits per heavy atom. The third-order valence-corrected chi connectivity index (χ3v) is 3.25. The predicted octanol–water partition coefficient (Wildman–Crippen LogP) is 2.59. The van der Waals surface area contributed by atoms with Gasteiger partial charge in [-0.25, -0.2) is 0 Å². The minimum absolute atomic E-state index is 0.0129. The van der Waals surface area contributed by atoms with E-state index in [0.717, 1.165) is 12.0 Å². The third kappa shape index (κ3) is 3.62. The summed E-state index contributed by atoms with van der Waals surface area (Å²) in [6.07, 6.45) is 6.91. The summed E-state index contributed by atoms with van der Waals surface area (Å²) in [6, 6.07) is 7.88. The molecule has 96 valence electrons. The second-order valence-electron chi connectivity index (χ2n) is 4.90. The van der Waals surface area contributed by atoms with Crippen molar-refractivity contribution in [3.05, 3.63) is 35.9 Å². The maximum Gasteiger partial charge on any atom is 0.244 e. The molecule has 1 amide bonds. The summed E-state index contributed by atoms with van der Waals surface area (Å²) < 4.78 is 0. The summed E-state index contributed by atoms with van der Waals surface area (Å²) in [6.45, 7) is 2.18. The van der Waals surface area contributed by atoms with Crippen molar-refractivity contribution in [2.75, 3.05) is 5.73 Å². The molecular formula is C15H20N2O. The van der Waals surface area contributed by atoms with E-state index < -0.39 is 0 Å². The van der Waals surface area contributed by atoms with Gasteiger partial charge in [-0.1, -0.05) is 25.5 Å². The molecule has 2 unspecified atom stereocenters. The summed E-state index contributed by atoms with van der Waals surface area (Å²) in [7, 11) is 0. The number of rotatable bonds is 5. The molecule has 3 nitrogen and oxygen atoms in total. The first-order valence-electron chi connectivity index (χ1n) is 6.53. The number of carbonyl (C=O) groups is 1. The van der Waals surface area contributed by atoms with Gasteiger partial charge >= 0.3 is 0 Å². The van der Waals surface area contributed by atoms with Crippen LogP contribution in [0.5, 0.6) is 0 Å². The smallest absolute Gasteiger partial charge is 0.244 e. The molecule has 3 N–H and O–H groups in total. The van der Waals surface area contributed by atoms with Crippen molar-refractivity contribution in [1.29, 1.82) is 0 Å². The number of nitrogens with two attached hydrogens (primary N) is 1. The number of nitrogen functional groups attached to an aromatic ring is 1. The second-order valence-corrected chi connectivity index (χ2v) is 4.90. The van der Waals surface area contributed by atoms with Gasteiger partial charge in [-0.15, -0.1) is 0 Å². The van der Waals surface area contributed by atoms with Crippen LogP contribution in [0.25, 0.3) is 6.08 Å². The van der Waals surface area contributed by atoms with Crippen LogP contribution >= 0.6 is 0 Å². The van der Waals surface area contributed by atoms with Gasteiger partial charge in [0.2, 0.25) is 5.91 Å². The molecule has 2 atom stereocenters. The van der Waals surface area contributed by atoms with Crippen LogP contribution in [0.4, 0.5) is 5.69 Å². The molecule has 1 fully saturated rings. The molecule has 1 aliphatic carbocycles. The van der Waals surface area contributed by atoms with Gasteiger partial charge in [-0.2, -0.15) is 0 Å². The lowest BCUT2D eigenvalue weighted by Gasteiger charge is -2.00. The number of anilines is 1. The molecule has 1 saturated carbocycles. The first-order valence-corrected chi connectivity index (χ1v) is 6.53. The van der Waals surface area contributed by atoms with E-state index in [0.29, 0.717) is 17.6 Å². The maximum absolute atomic E-state index is 11.7. The van der Waals surface area contributed by atoms with E-state index in [4.69, 9.17) is 5.73 Å². The molecule has 1 aromatic rings. The van der Waals surface area contributed by atoms with E-state index in [1.165, 1.54) is 12.8 Å². The summed E-state index contributed by atoms with van der Waals surface area (Å²) in [5.41, 5.74) is 7.33. The van der Waals surface area contributed by atoms with Crippen LogP contribution in [-0.2, 0) is 4.79 Å². The van der Waals surface area contributed by atoms with Crippen LogP contribution in [0.3, 0.4) is 0 Å². The molecule has 0 spiro atoms. The molecule has 0 aliphatic heterocycles. The van der Waals surface area contributed by atoms with E-state index in [1.54, 1.807) is 12.2 Å². The number of benzene rings is 1. The fraction of sp³-hybridized carbons (Fsp3) is 0.400. The summed E-state index contributed by atoms with van der Waals surface area (Å²) in [5, 5.41) is 3.02. The molecular weight excluding hydrogens is 224 g/mol. The van der Waals surface area contributed by atoms with Crippen LogP contribution in [0.15, 0.2) is 30.3 Å². The Bertz CT molecular complexity index is 454. The van der Waals surface area contributed by atoms with E-state index in [1.807, 2.05) is 24.3 Å². The molecule has 0 aromatic heterocycles. The first kappa shape index (κ1) is 12.7. The zero-order chi connectivity index (χ0) is 13.0. The van der Waals surface area contributed by atoms with Gasteiger partial charge in [-0.3, -0.25) is 4.79 Å². The van der Waals surface area contributed by atoms with Crippen molar-refractivity contribution < 1.29 is 4.79 Å². The first-order chi connectivity index (χ1) is 8.69. The second kappa shape index (κ2) is 5.71. The lowest BCUT2D eigenvalue weighted by molar-refractivity contribution is -0.116. The van der Waals surface area contributed by atoms with Gasteiger partial charge in [0.15, 0.2) is 0 Å². The van der Waals surface area contributed by atoms with Gasteiger partial charge < -0.3 is 11.1 Å². The minimum atomic E-state index is -0.0129. The molecule has 1 aliphatic rings. The normalized spacial score (nSPS) is 22.1. The molecule has 0 radical (unpaired) electrons. The Balaban J connectivity index is 1.81. The van der Waals surface area contributed by atoms with Crippen molar-refractivity contribution >= 4 is 17.7 Å². The molecule has 3 heteroatoms. The van der Waals surface area contributed by atoms with Gasteiger partial charge in [-0.05, 0) is 42.5 Å². The Morgan fingerprint density at radius 1 is 1.56 bits per heavy atom. The SMILES string of the molecule is CCCC1CC1NC(=O)/C=C/c1cccc(N)c1. The van der Waals surface area contributed by atoms with Gasteiger partial charge in [0, 0.05) is 17.8 Å². The summed E-state index contributed by atoms with van der Waals surface area (Å²) in [5.74, 6) is 0.681. The van der Waals surface area contributed by atoms with E-state index in [-0.39, 0.29) is 5.91 Å². The van der Waals surface area contributed by atoms with E-state index in [9.17, 15) is 4.79 Å². The Kier molecular flexibility index (Phi) is 4.03. The highest BCUT2D eigenvalue weighted by molar-refractivity contribution is 5.92. The van der Waals surface area contributed by atoms with E-state index >= 15 is 0 Å². The number of hydrogen-bond donors (Lipinski definition) is 2. The molecule has 0 saturated heterocycles. The highest BCUT2D eigenvalue weighted by Crippen LogP contribution is 2.34. The number of carbonyl (C=O) groups excluding carboxylic acids is 1. The lowest BCUT2D eigenvalue weighted by atomic mass is 10.2. The fourth-order valence-electron chi connectivity index (χ4n) is 2.18. The molecule has 0 bridgehead atoms. The average Bonchev–Trinajstić information content (AvgIpc) is 3.05. The monoisotopic (exact) mass is 244 g/mol. The zero-order valence-electron chi connectivity index (χ0n) is 10.7. The Hall–Kier alpha value is -1.77. The zero-order valence-corrected chi connectivity index (χ0v) is 10.7. The third-order valence-electron chi connectivity index (χ3n) is 3.25. The van der Waals surface area contributed by atoms with Crippen LogP contribution in [0, 0.1) is 5.92 Å². The van der Waals surface area contributed by atoms with Crippen LogP contribution < -0.4 is 11.1 Å². The highest BCUT2D eigenvalue weighted by atomic mass is 16.1. The van der Waals surface area contributed by atoms with Crippen LogP contribution in [0.1, 0.15) is 31.7 Å². The van der Waals surface area contributed by atoms with Crippen LogP contribution in [0.2, 0.25) is 0 Å². The number of amides is 1. The van der Waals surface area contributed by atoms with Gasteiger partial charge in [0.05, 0.1) is 0 Å². The van der Waals surface area contributed by atoms with Crippen molar-refractivity contribution in [1.82, 2.24) is 5.32 Å². The number of hydrogen-bond acceptors (Lipinski definition) is 2. The highest BCUT2D eigenvalue weighted by Gasteiger charge is 2.36. The Labute approximate surface area is 108 Å². The molecule has 18 heavy (non-hydrogen) atoms. The van der Waals surface area contributed by atoms with Crippen molar-refractivity contribution in [3.63, 3.8) is 0 Å². The largest absolute Gasteiger partial charge is 0.399 e. The number of nitrogens with one attached hydrogen (secondary N) is 1. The van der Waals surface area contributed by atoms with Gasteiger partial charge in [0.25, 0.3) is 0 Å². The van der Waals surface area contributed by atoms with Gasteiger partial charge in [0.1, 0.15) is 0 Å². The fourth-order valence-corrected chi connectivity index (χ4v) is 2.18. The predicted molar refractivity (Wildman–Crippen MR) is 74.8 cm³/mol. The molecule has 1 aromatic carbocycles. The van der Waals surface area contributed by atoms with Crippen molar-refractivity contribution in [2.45, 2.75) is 32.2 Å². The van der Waals surface area contributed by atoms with Crippen molar-refractivity contribution in [3.8, 4) is 0 Å². The summed E-state index contributed by atoms with van der Waals surface area (Å²) >= 11 is 0. The molecule has 2 rings (SSSR count). The minimum Gasteiger partial charge on any atom is -0.399 e. The Morgan fingerprint density at radius 2 is 2.39 bits per heavy atom. The van der Waals surface area contributed by atoms with E-state index in [2.05, 4.69) is 12.2 Å². The van der Waals surface area contributed by atoms with Crippen molar-refractivity contribution in [2.24, 2.45) is 5.92 Å². The molecule has 0 heterocycles. The lowest BCUT2D eigenvalue weighted by Crippen LogP contribution is -2.24. The maximum atomic E-state index is 11.7. The van der Waals surface area contributed by atoms with Crippen LogP contribution in [-0.4, -0.2) is 11.9 Å². The summed E-state index contributed by atoms with van der Waals surface area (Å²) in [4.78, 5) is 11.7. The standard InChI is InChI=1S/C15H20N2O/c1-2-4-12-10-14(12)17-15(18)8-7-11-5-3-6-13(16)9-11/h3,5-9,12,14H,2,4,10,16H2,1H3,(H,17,18)/b8-7+. The average molecular weight is 244 g/mol. The topological polar surface area (TPSA) is 55.1 Å². The quantitative estimate of drug-likeness (QED) is 0.618.